The molecule has 1 amide bonds. The lowest BCUT2D eigenvalue weighted by Gasteiger charge is -2.12. The molecule has 6 nitrogen and oxygen atoms in total. The number of carboxylic acids is 1. The number of likely N-dealkylation sites (tertiary alicyclic amines) is 1. The Morgan fingerprint density at radius 3 is 2.77 bits per heavy atom. The number of benzene rings is 1. The van der Waals surface area contributed by atoms with Gasteiger partial charge < -0.3 is 19.5 Å². The quantitative estimate of drug-likeness (QED) is 0.857. The lowest BCUT2D eigenvalue weighted by Crippen LogP contribution is -2.28. The van der Waals surface area contributed by atoms with Gasteiger partial charge in [0.15, 0.2) is 11.5 Å². The van der Waals surface area contributed by atoms with E-state index in [9.17, 15) is 9.59 Å². The van der Waals surface area contributed by atoms with Crippen LogP contribution in [0.15, 0.2) is 24.3 Å². The maximum atomic E-state index is 12.0. The summed E-state index contributed by atoms with van der Waals surface area (Å²) in [7, 11) is 0. The largest absolute Gasteiger partial charge is 0.481 e. The highest BCUT2D eigenvalue weighted by molar-refractivity contribution is 5.92. The summed E-state index contributed by atoms with van der Waals surface area (Å²) >= 11 is 0. The van der Waals surface area contributed by atoms with Crippen molar-refractivity contribution in [1.29, 1.82) is 0 Å². The van der Waals surface area contributed by atoms with Gasteiger partial charge in [-0.2, -0.15) is 0 Å². The van der Waals surface area contributed by atoms with Crippen LogP contribution in [0, 0.1) is 5.92 Å². The Balaban J connectivity index is 0.00000176. The van der Waals surface area contributed by atoms with Gasteiger partial charge in [-0.1, -0.05) is 6.07 Å². The number of halogens is 1. The fourth-order valence-electron chi connectivity index (χ4n) is 2.45. The van der Waals surface area contributed by atoms with Gasteiger partial charge in [-0.25, -0.2) is 0 Å². The lowest BCUT2D eigenvalue weighted by molar-refractivity contribution is -0.141. The highest BCUT2D eigenvalue weighted by Gasteiger charge is 2.29. The van der Waals surface area contributed by atoms with Gasteiger partial charge in [0.05, 0.1) is 5.92 Å². The summed E-state index contributed by atoms with van der Waals surface area (Å²) in [5.74, 6) is -0.103. The van der Waals surface area contributed by atoms with Gasteiger partial charge in [-0.15, -0.1) is 12.4 Å². The van der Waals surface area contributed by atoms with E-state index in [2.05, 4.69) is 0 Å². The van der Waals surface area contributed by atoms with Crippen molar-refractivity contribution in [3.63, 3.8) is 0 Å². The van der Waals surface area contributed by atoms with Crippen LogP contribution in [0.25, 0.3) is 6.08 Å². The van der Waals surface area contributed by atoms with E-state index in [0.29, 0.717) is 24.5 Å². The second-order valence-electron chi connectivity index (χ2n) is 5.05. The number of carboxylic acid groups (broad SMARTS) is 1. The average Bonchev–Trinajstić information content (AvgIpc) is 3.12. The van der Waals surface area contributed by atoms with E-state index in [1.165, 1.54) is 6.08 Å². The van der Waals surface area contributed by atoms with Gasteiger partial charge in [0, 0.05) is 19.2 Å². The molecule has 3 rings (SSSR count). The van der Waals surface area contributed by atoms with E-state index in [-0.39, 0.29) is 31.7 Å². The third-order valence-corrected chi connectivity index (χ3v) is 3.66. The molecule has 1 atom stereocenters. The summed E-state index contributed by atoms with van der Waals surface area (Å²) in [6.07, 6.45) is 3.67. The Morgan fingerprint density at radius 2 is 2.05 bits per heavy atom. The number of carbonyl (C=O) groups excluding carboxylic acids is 1. The summed E-state index contributed by atoms with van der Waals surface area (Å²) < 4.78 is 10.5. The first-order valence-electron chi connectivity index (χ1n) is 6.73. The van der Waals surface area contributed by atoms with Crippen molar-refractivity contribution in [2.45, 2.75) is 6.42 Å². The van der Waals surface area contributed by atoms with E-state index >= 15 is 0 Å². The van der Waals surface area contributed by atoms with E-state index in [1.54, 1.807) is 23.1 Å². The van der Waals surface area contributed by atoms with Gasteiger partial charge in [0.25, 0.3) is 0 Å². The van der Waals surface area contributed by atoms with Crippen LogP contribution in [0.1, 0.15) is 12.0 Å². The van der Waals surface area contributed by atoms with Crippen molar-refractivity contribution in [2.75, 3.05) is 19.9 Å². The Morgan fingerprint density at radius 1 is 1.27 bits per heavy atom. The predicted molar refractivity (Wildman–Crippen MR) is 81.2 cm³/mol. The first kappa shape index (κ1) is 16.2. The molecule has 0 aliphatic carbocycles. The van der Waals surface area contributed by atoms with Crippen molar-refractivity contribution < 1.29 is 24.2 Å². The molecular weight excluding hydrogens is 310 g/mol. The van der Waals surface area contributed by atoms with Crippen LogP contribution in [-0.2, 0) is 9.59 Å². The molecule has 2 aliphatic heterocycles. The molecular formula is C15H16ClNO5. The van der Waals surface area contributed by atoms with Gasteiger partial charge in [-0.3, -0.25) is 9.59 Å². The number of fused-ring (bicyclic) bond motifs is 1. The molecule has 118 valence electrons. The zero-order valence-corrected chi connectivity index (χ0v) is 12.5. The number of nitrogens with zero attached hydrogens (tertiary/aromatic N) is 1. The van der Waals surface area contributed by atoms with Crippen LogP contribution in [0.3, 0.4) is 0 Å². The molecule has 0 bridgehead atoms. The number of hydrogen-bond donors (Lipinski definition) is 1. The minimum Gasteiger partial charge on any atom is -0.481 e. The van der Waals surface area contributed by atoms with Crippen LogP contribution in [0.2, 0.25) is 0 Å². The first-order valence-corrected chi connectivity index (χ1v) is 6.73. The monoisotopic (exact) mass is 325 g/mol. The smallest absolute Gasteiger partial charge is 0.308 e. The van der Waals surface area contributed by atoms with Crippen LogP contribution < -0.4 is 9.47 Å². The number of aliphatic carboxylic acids is 1. The minimum absolute atomic E-state index is 0. The lowest BCUT2D eigenvalue weighted by atomic mass is 10.1. The van der Waals surface area contributed by atoms with Gasteiger partial charge in [0.2, 0.25) is 12.7 Å². The predicted octanol–water partition coefficient (Wildman–Crippen LogP) is 1.78. The third-order valence-electron chi connectivity index (χ3n) is 3.66. The molecule has 1 unspecified atom stereocenters. The van der Waals surface area contributed by atoms with E-state index in [1.807, 2.05) is 6.07 Å². The standard InChI is InChI=1S/C15H15NO5.ClH/c17-14(16-6-5-11(8-16)15(18)19)4-2-10-1-3-12-13(7-10)21-9-20-12;/h1-4,7,11H,5-6,8-9H2,(H,18,19);1H/b4-2+;. The Kier molecular flexibility index (Phi) is 4.92. The minimum atomic E-state index is -0.843. The molecule has 2 aliphatic rings. The molecule has 1 aromatic carbocycles. The fourth-order valence-corrected chi connectivity index (χ4v) is 2.45. The average molecular weight is 326 g/mol. The Hall–Kier alpha value is -2.21. The molecule has 1 saturated heterocycles. The molecule has 22 heavy (non-hydrogen) atoms. The van der Waals surface area contributed by atoms with Crippen LogP contribution in [0.4, 0.5) is 0 Å². The van der Waals surface area contributed by atoms with Crippen LogP contribution in [-0.4, -0.2) is 41.8 Å². The van der Waals surface area contributed by atoms with Gasteiger partial charge in [-0.05, 0) is 30.2 Å². The van der Waals surface area contributed by atoms with Gasteiger partial charge >= 0.3 is 5.97 Å². The number of rotatable bonds is 3. The molecule has 1 N–H and O–H groups in total. The van der Waals surface area contributed by atoms with Crippen molar-refractivity contribution in [3.05, 3.63) is 29.8 Å². The molecule has 1 aromatic rings. The van der Waals surface area contributed by atoms with E-state index < -0.39 is 11.9 Å². The normalized spacial score (nSPS) is 19.3. The molecule has 1 fully saturated rings. The third kappa shape index (κ3) is 3.33. The number of ether oxygens (including phenoxy) is 2. The maximum Gasteiger partial charge on any atom is 0.308 e. The van der Waals surface area contributed by atoms with E-state index in [4.69, 9.17) is 14.6 Å². The van der Waals surface area contributed by atoms with Gasteiger partial charge in [0.1, 0.15) is 0 Å². The molecule has 0 aromatic heterocycles. The maximum absolute atomic E-state index is 12.0. The SMILES string of the molecule is Cl.O=C(O)C1CCN(C(=O)/C=C/c2ccc3c(c2)OCO3)C1. The zero-order valence-electron chi connectivity index (χ0n) is 11.7. The molecule has 2 heterocycles. The van der Waals surface area contributed by atoms with Crippen molar-refractivity contribution in [3.8, 4) is 11.5 Å². The molecule has 0 spiro atoms. The fraction of sp³-hybridized carbons (Fsp3) is 0.333. The highest BCUT2D eigenvalue weighted by atomic mass is 35.5. The summed E-state index contributed by atoms with van der Waals surface area (Å²) in [4.78, 5) is 24.4. The topological polar surface area (TPSA) is 76.1 Å². The number of hydrogen-bond acceptors (Lipinski definition) is 4. The van der Waals surface area contributed by atoms with Crippen molar-refractivity contribution >= 4 is 30.4 Å². The van der Waals surface area contributed by atoms with Crippen LogP contribution in [0.5, 0.6) is 11.5 Å². The highest BCUT2D eigenvalue weighted by Crippen LogP contribution is 2.32. The number of amides is 1. The number of carbonyl (C=O) groups is 2. The summed E-state index contributed by atoms with van der Waals surface area (Å²) in [6.45, 7) is 0.979. The summed E-state index contributed by atoms with van der Waals surface area (Å²) in [5.41, 5.74) is 0.835. The second kappa shape index (κ2) is 6.70. The Bertz CT molecular complexity index is 616. The van der Waals surface area contributed by atoms with Crippen molar-refractivity contribution in [1.82, 2.24) is 4.90 Å². The zero-order chi connectivity index (χ0) is 14.8. The molecule has 7 heteroatoms. The summed E-state index contributed by atoms with van der Waals surface area (Å²) in [5, 5.41) is 8.93. The second-order valence-corrected chi connectivity index (χ2v) is 5.05. The molecule has 0 saturated carbocycles. The van der Waals surface area contributed by atoms with Crippen LogP contribution >= 0.6 is 12.4 Å². The molecule has 0 radical (unpaired) electrons. The van der Waals surface area contributed by atoms with Crippen molar-refractivity contribution in [2.24, 2.45) is 5.92 Å². The van der Waals surface area contributed by atoms with E-state index in [0.717, 1.165) is 5.56 Å². The first-order chi connectivity index (χ1) is 10.1. The Labute approximate surface area is 133 Å². The summed E-state index contributed by atoms with van der Waals surface area (Å²) in [6, 6.07) is 5.43.